The molecule has 0 bridgehead atoms. The van der Waals surface area contributed by atoms with Gasteiger partial charge in [-0.1, -0.05) is 78.9 Å². The Morgan fingerprint density at radius 1 is 0.816 bits per heavy atom. The molecule has 0 fully saturated rings. The van der Waals surface area contributed by atoms with Gasteiger partial charge in [-0.3, -0.25) is 24.5 Å². The Morgan fingerprint density at radius 3 is 2.22 bits per heavy atom. The topological polar surface area (TPSA) is 140 Å². The van der Waals surface area contributed by atoms with Crippen molar-refractivity contribution in [3.05, 3.63) is 165 Å². The molecule has 11 heteroatoms. The number of methoxy groups -OCH3 is 1. The SMILES string of the molecule is COc1ccccc1/C=C(/NC(=O)c1ccccc1)C(=O)Nc1cccc(SC(C(=O)Nc2cc([N+](=O)[O-])ccc2C)c2ccccc2)c1. The van der Waals surface area contributed by atoms with E-state index in [4.69, 9.17) is 4.74 Å². The lowest BCUT2D eigenvalue weighted by molar-refractivity contribution is -0.384. The van der Waals surface area contributed by atoms with Gasteiger partial charge in [-0.05, 0) is 60.5 Å². The number of non-ortho nitro benzene ring substituents is 1. The van der Waals surface area contributed by atoms with Crippen LogP contribution in [0.1, 0.15) is 32.3 Å². The van der Waals surface area contributed by atoms with Gasteiger partial charge in [0.2, 0.25) is 5.91 Å². The molecule has 1 unspecified atom stereocenters. The number of anilines is 2. The molecule has 3 amide bonds. The third-order valence-corrected chi connectivity index (χ3v) is 8.59. The monoisotopic (exact) mass is 672 g/mol. The number of benzene rings is 5. The van der Waals surface area contributed by atoms with E-state index in [1.165, 1.54) is 31.0 Å². The summed E-state index contributed by atoms with van der Waals surface area (Å²) >= 11 is 1.25. The Bertz CT molecular complexity index is 2020. The van der Waals surface area contributed by atoms with E-state index in [0.717, 1.165) is 0 Å². The molecule has 0 radical (unpaired) electrons. The van der Waals surface area contributed by atoms with Gasteiger partial charge >= 0.3 is 0 Å². The Hall–Kier alpha value is -6.20. The summed E-state index contributed by atoms with van der Waals surface area (Å²) in [5, 5.41) is 19.1. The molecular formula is C38H32N4O6S. The molecule has 1 atom stereocenters. The van der Waals surface area contributed by atoms with Crippen LogP contribution in [-0.2, 0) is 9.59 Å². The van der Waals surface area contributed by atoms with Crippen LogP contribution in [0.3, 0.4) is 0 Å². The lowest BCUT2D eigenvalue weighted by atomic mass is 10.1. The molecule has 0 saturated carbocycles. The largest absolute Gasteiger partial charge is 0.496 e. The number of nitrogens with zero attached hydrogens (tertiary/aromatic N) is 1. The van der Waals surface area contributed by atoms with Crippen molar-refractivity contribution < 1.29 is 24.0 Å². The smallest absolute Gasteiger partial charge is 0.272 e. The number of ether oxygens (including phenoxy) is 1. The maximum Gasteiger partial charge on any atom is 0.272 e. The number of carbonyl (C=O) groups is 3. The predicted molar refractivity (Wildman–Crippen MR) is 191 cm³/mol. The quantitative estimate of drug-likeness (QED) is 0.0532. The first kappa shape index (κ1) is 34.1. The fourth-order valence-corrected chi connectivity index (χ4v) is 5.91. The Kier molecular flexibility index (Phi) is 11.2. The van der Waals surface area contributed by atoms with Crippen molar-refractivity contribution in [3.63, 3.8) is 0 Å². The molecule has 49 heavy (non-hydrogen) atoms. The van der Waals surface area contributed by atoms with Crippen LogP contribution in [0.4, 0.5) is 17.1 Å². The van der Waals surface area contributed by atoms with Gasteiger partial charge in [0.25, 0.3) is 17.5 Å². The third kappa shape index (κ3) is 8.99. The number of amides is 3. The van der Waals surface area contributed by atoms with Gasteiger partial charge in [0, 0.05) is 33.8 Å². The zero-order valence-electron chi connectivity index (χ0n) is 26.6. The third-order valence-electron chi connectivity index (χ3n) is 7.34. The summed E-state index contributed by atoms with van der Waals surface area (Å²) in [4.78, 5) is 52.0. The number of hydrogen-bond acceptors (Lipinski definition) is 7. The number of aryl methyl sites for hydroxylation is 1. The van der Waals surface area contributed by atoms with Crippen LogP contribution < -0.4 is 20.7 Å². The molecule has 5 aromatic carbocycles. The summed E-state index contributed by atoms with van der Waals surface area (Å²) < 4.78 is 5.45. The lowest BCUT2D eigenvalue weighted by Crippen LogP contribution is -2.30. The van der Waals surface area contributed by atoms with Gasteiger partial charge in [0.15, 0.2) is 0 Å². The fraction of sp³-hybridized carbons (Fsp3) is 0.0789. The molecule has 5 aromatic rings. The minimum absolute atomic E-state index is 0.00901. The van der Waals surface area contributed by atoms with E-state index in [1.54, 1.807) is 91.9 Å². The summed E-state index contributed by atoms with van der Waals surface area (Å²) in [5.41, 5.74) is 2.99. The van der Waals surface area contributed by atoms with Crippen molar-refractivity contribution in [1.82, 2.24) is 5.32 Å². The number of nitrogens with one attached hydrogen (secondary N) is 3. The maximum absolute atomic E-state index is 13.7. The minimum Gasteiger partial charge on any atom is -0.496 e. The fourth-order valence-electron chi connectivity index (χ4n) is 4.82. The summed E-state index contributed by atoms with van der Waals surface area (Å²) in [5.74, 6) is -0.890. The summed E-state index contributed by atoms with van der Waals surface area (Å²) in [7, 11) is 1.52. The summed E-state index contributed by atoms with van der Waals surface area (Å²) in [6.45, 7) is 1.76. The van der Waals surface area contributed by atoms with Crippen LogP contribution in [-0.4, -0.2) is 29.8 Å². The number of hydrogen-bond donors (Lipinski definition) is 3. The van der Waals surface area contributed by atoms with E-state index in [-0.39, 0.29) is 17.3 Å². The zero-order valence-corrected chi connectivity index (χ0v) is 27.4. The van der Waals surface area contributed by atoms with Crippen molar-refractivity contribution >= 4 is 52.6 Å². The average Bonchev–Trinajstić information content (AvgIpc) is 3.12. The van der Waals surface area contributed by atoms with Crippen molar-refractivity contribution in [2.24, 2.45) is 0 Å². The molecule has 5 rings (SSSR count). The number of nitro benzene ring substituents is 1. The average molecular weight is 673 g/mol. The zero-order chi connectivity index (χ0) is 34.8. The molecular weight excluding hydrogens is 641 g/mol. The van der Waals surface area contributed by atoms with E-state index < -0.39 is 22.0 Å². The Labute approximate surface area is 287 Å². The second-order valence-electron chi connectivity index (χ2n) is 10.8. The van der Waals surface area contributed by atoms with Crippen LogP contribution in [0.25, 0.3) is 6.08 Å². The van der Waals surface area contributed by atoms with Gasteiger partial charge in [0.1, 0.15) is 16.7 Å². The first-order valence-electron chi connectivity index (χ1n) is 15.1. The van der Waals surface area contributed by atoms with Gasteiger partial charge in [-0.25, -0.2) is 0 Å². The maximum atomic E-state index is 13.7. The second-order valence-corrected chi connectivity index (χ2v) is 11.9. The molecule has 10 nitrogen and oxygen atoms in total. The normalized spacial score (nSPS) is 11.6. The first-order valence-corrected chi connectivity index (χ1v) is 16.0. The molecule has 3 N–H and O–H groups in total. The number of rotatable bonds is 12. The highest BCUT2D eigenvalue weighted by Gasteiger charge is 2.24. The molecule has 0 heterocycles. The standard InChI is InChI=1S/C38H32N4O6S/c1-25-20-21-30(42(46)47)24-32(25)40-38(45)35(26-12-5-3-6-13-26)49-31-18-11-17-29(23-31)39-37(44)33(22-28-16-9-10-19-34(28)48-2)41-36(43)27-14-7-4-8-15-27/h3-24,35H,1-2H3,(H,39,44)(H,40,45)(H,41,43)/b33-22+. The van der Waals surface area contributed by atoms with E-state index in [1.807, 2.05) is 36.4 Å². The molecule has 0 aliphatic carbocycles. The molecule has 0 aromatic heterocycles. The van der Waals surface area contributed by atoms with Gasteiger partial charge < -0.3 is 20.7 Å². The van der Waals surface area contributed by atoms with Gasteiger partial charge in [0.05, 0.1) is 17.7 Å². The summed E-state index contributed by atoms with van der Waals surface area (Å²) in [6, 6.07) is 36.1. The highest BCUT2D eigenvalue weighted by Crippen LogP contribution is 2.38. The van der Waals surface area contributed by atoms with Crippen LogP contribution in [0.5, 0.6) is 5.75 Å². The summed E-state index contributed by atoms with van der Waals surface area (Å²) in [6.07, 6.45) is 1.54. The molecule has 246 valence electrons. The van der Waals surface area contributed by atoms with Crippen molar-refractivity contribution in [2.45, 2.75) is 17.1 Å². The Balaban J connectivity index is 1.40. The highest BCUT2D eigenvalue weighted by atomic mass is 32.2. The lowest BCUT2D eigenvalue weighted by Gasteiger charge is -2.18. The van der Waals surface area contributed by atoms with Crippen molar-refractivity contribution in [2.75, 3.05) is 17.7 Å². The van der Waals surface area contributed by atoms with Gasteiger partial charge in [-0.15, -0.1) is 11.8 Å². The van der Waals surface area contributed by atoms with E-state index in [0.29, 0.717) is 44.3 Å². The first-order chi connectivity index (χ1) is 23.7. The van der Waals surface area contributed by atoms with Crippen LogP contribution >= 0.6 is 11.8 Å². The van der Waals surface area contributed by atoms with Gasteiger partial charge in [-0.2, -0.15) is 0 Å². The van der Waals surface area contributed by atoms with E-state index in [9.17, 15) is 24.5 Å². The van der Waals surface area contributed by atoms with Crippen LogP contribution in [0.2, 0.25) is 0 Å². The molecule has 0 spiro atoms. The number of para-hydroxylation sites is 1. The Morgan fingerprint density at radius 2 is 1.51 bits per heavy atom. The second kappa shape index (κ2) is 16.1. The van der Waals surface area contributed by atoms with Crippen LogP contribution in [0.15, 0.2) is 138 Å². The highest BCUT2D eigenvalue weighted by molar-refractivity contribution is 8.00. The molecule has 0 saturated heterocycles. The molecule has 0 aliphatic heterocycles. The van der Waals surface area contributed by atoms with Crippen molar-refractivity contribution in [1.29, 1.82) is 0 Å². The molecule has 0 aliphatic rings. The minimum atomic E-state index is -0.739. The number of thioether (sulfide) groups is 1. The van der Waals surface area contributed by atoms with E-state index >= 15 is 0 Å². The number of nitro groups is 1. The van der Waals surface area contributed by atoms with Crippen molar-refractivity contribution in [3.8, 4) is 5.75 Å². The number of carbonyl (C=O) groups excluding carboxylic acids is 3. The van der Waals surface area contributed by atoms with Crippen LogP contribution in [0, 0.1) is 17.0 Å². The van der Waals surface area contributed by atoms with E-state index in [2.05, 4.69) is 16.0 Å². The predicted octanol–water partition coefficient (Wildman–Crippen LogP) is 7.79.